The average Bonchev–Trinajstić information content (AvgIpc) is 2.35. The quantitative estimate of drug-likeness (QED) is 0.229. The Morgan fingerprint density at radius 1 is 2.00 bits per heavy atom. The number of hydroxylamine groups is 2. The van der Waals surface area contributed by atoms with Gasteiger partial charge in [-0.2, -0.15) is 0 Å². The predicted octanol–water partition coefficient (Wildman–Crippen LogP) is -4.51. The minimum atomic E-state index is -0.218. The molecule has 0 radical (unpaired) electrons. The van der Waals surface area contributed by atoms with Gasteiger partial charge in [0.15, 0.2) is 0 Å². The van der Waals surface area contributed by atoms with Crippen LogP contribution in [0.15, 0.2) is 3.21 Å². The van der Waals surface area contributed by atoms with Gasteiger partial charge in [-0.1, -0.05) is 0 Å². The summed E-state index contributed by atoms with van der Waals surface area (Å²) in [5.41, 5.74) is 1.09. The number of rotatable bonds is 2. The van der Waals surface area contributed by atoms with Gasteiger partial charge in [0.1, 0.15) is 0 Å². The molecule has 2 unspecified atom stereocenters. The van der Waals surface area contributed by atoms with Gasteiger partial charge in [0.25, 0.3) is 0 Å². The molecule has 0 bridgehead atoms. The van der Waals surface area contributed by atoms with Crippen molar-refractivity contribution >= 4 is 5.71 Å². The summed E-state index contributed by atoms with van der Waals surface area (Å²) in [6.07, 6.45) is 0.896. The third-order valence-corrected chi connectivity index (χ3v) is 4.63. The summed E-state index contributed by atoms with van der Waals surface area (Å²) in [5, 5.41) is 10.8. The van der Waals surface area contributed by atoms with Crippen LogP contribution in [0.1, 0.15) is 6.42 Å². The Morgan fingerprint density at radius 2 is 2.78 bits per heavy atom. The van der Waals surface area contributed by atoms with Gasteiger partial charge < -0.3 is 0 Å². The van der Waals surface area contributed by atoms with E-state index in [4.69, 9.17) is 0 Å². The Labute approximate surface area is 63.0 Å². The number of hydrogen-bond donors (Lipinski definition) is 1. The molecule has 2 atom stereocenters. The van der Waals surface area contributed by atoms with Crippen LogP contribution < -0.4 is 26.7 Å². The van der Waals surface area contributed by atoms with Crippen LogP contribution in [-0.2, 0) is 4.84 Å². The molecule has 1 saturated carbocycles. The van der Waals surface area contributed by atoms with E-state index < -0.39 is 0 Å². The SMILES string of the molecule is CO[NH+]([O-])C12CC1=N[I-]2. The third-order valence-electron chi connectivity index (χ3n) is 1.54. The summed E-state index contributed by atoms with van der Waals surface area (Å²) >= 11 is -0.218. The van der Waals surface area contributed by atoms with Crippen LogP contribution in [0.4, 0.5) is 0 Å². The predicted molar refractivity (Wildman–Crippen MR) is 26.1 cm³/mol. The van der Waals surface area contributed by atoms with E-state index in [1.165, 1.54) is 7.11 Å². The van der Waals surface area contributed by atoms with Gasteiger partial charge in [-0.3, -0.25) is 0 Å². The molecule has 1 aliphatic heterocycles. The zero-order valence-corrected chi connectivity index (χ0v) is 7.01. The number of hydrogen-bond acceptors (Lipinski definition) is 3. The second kappa shape index (κ2) is 1.66. The van der Waals surface area contributed by atoms with Gasteiger partial charge in [0, 0.05) is 0 Å². The van der Waals surface area contributed by atoms with Crippen LogP contribution in [0, 0.1) is 5.21 Å². The van der Waals surface area contributed by atoms with Gasteiger partial charge in [-0.05, 0) is 0 Å². The van der Waals surface area contributed by atoms with Crippen LogP contribution in [-0.4, -0.2) is 16.4 Å². The van der Waals surface area contributed by atoms with E-state index >= 15 is 0 Å². The third kappa shape index (κ3) is 0.603. The number of nitrogens with zero attached hydrogens (tertiary/aromatic N) is 1. The molecule has 0 aromatic carbocycles. The fourth-order valence-electron chi connectivity index (χ4n) is 0.837. The van der Waals surface area contributed by atoms with E-state index in [1.54, 1.807) is 0 Å². The summed E-state index contributed by atoms with van der Waals surface area (Å²) in [6, 6.07) is 0. The Kier molecular flexibility index (Phi) is 1.11. The molecule has 2 aliphatic rings. The van der Waals surface area contributed by atoms with E-state index in [0.717, 1.165) is 12.1 Å². The van der Waals surface area contributed by atoms with E-state index in [-0.39, 0.29) is 30.3 Å². The molecule has 9 heavy (non-hydrogen) atoms. The molecule has 0 aromatic heterocycles. The fourth-order valence-corrected chi connectivity index (χ4v) is 3.12. The Balaban J connectivity index is 2.09. The van der Waals surface area contributed by atoms with Crippen molar-refractivity contribution in [1.82, 2.24) is 0 Å². The van der Waals surface area contributed by atoms with E-state index in [2.05, 4.69) is 8.04 Å². The van der Waals surface area contributed by atoms with Crippen molar-refractivity contribution in [3.63, 3.8) is 0 Å². The standard InChI is InChI=1S/C4H6IN2O2/c1-9-7(8)4-2-3(4)6-5-4/h7H,2H2,1H3/q-1. The summed E-state index contributed by atoms with van der Waals surface area (Å²) in [6.45, 7) is 0. The van der Waals surface area contributed by atoms with E-state index in [0.29, 0.717) is 0 Å². The van der Waals surface area contributed by atoms with Crippen molar-refractivity contribution in [2.45, 2.75) is 9.97 Å². The summed E-state index contributed by atoms with van der Waals surface area (Å²) in [4.78, 5) is 4.61. The maximum atomic E-state index is 10.9. The first-order valence-electron chi connectivity index (χ1n) is 2.61. The van der Waals surface area contributed by atoms with E-state index in [9.17, 15) is 5.21 Å². The molecule has 0 aromatic rings. The molecule has 1 aliphatic carbocycles. The monoisotopic (exact) mass is 241 g/mol. The van der Waals surface area contributed by atoms with Crippen LogP contribution in [0.2, 0.25) is 0 Å². The molecule has 1 N–H and O–H groups in total. The molecule has 0 saturated heterocycles. The first-order valence-corrected chi connectivity index (χ1v) is 4.65. The zero-order chi connectivity index (χ0) is 6.48. The number of fused-ring (bicyclic) bond motifs is 1. The number of nitrogens with one attached hydrogen (secondary N) is 1. The van der Waals surface area contributed by atoms with Crippen LogP contribution >= 0.6 is 0 Å². The second-order valence-electron chi connectivity index (χ2n) is 2.09. The molecular weight excluding hydrogens is 235 g/mol. The number of halogens is 1. The first-order chi connectivity index (χ1) is 4.29. The second-order valence-corrected chi connectivity index (χ2v) is 4.89. The van der Waals surface area contributed by atoms with E-state index in [1.807, 2.05) is 0 Å². The van der Waals surface area contributed by atoms with Gasteiger partial charge in [0.05, 0.1) is 0 Å². The van der Waals surface area contributed by atoms with Crippen molar-refractivity contribution in [1.29, 1.82) is 0 Å². The van der Waals surface area contributed by atoms with Crippen molar-refractivity contribution < 1.29 is 31.5 Å². The molecule has 1 heterocycles. The van der Waals surface area contributed by atoms with Gasteiger partial charge >= 0.3 is 62.7 Å². The number of alkyl halides is 1. The molecule has 4 nitrogen and oxygen atoms in total. The average molecular weight is 241 g/mol. The van der Waals surface area contributed by atoms with Crippen LogP contribution in [0.5, 0.6) is 0 Å². The van der Waals surface area contributed by atoms with Crippen molar-refractivity contribution in [2.75, 3.05) is 7.11 Å². The summed E-state index contributed by atoms with van der Waals surface area (Å²) in [5.74, 6) is 0. The summed E-state index contributed by atoms with van der Waals surface area (Å²) in [7, 11) is 1.44. The van der Waals surface area contributed by atoms with Crippen molar-refractivity contribution in [3.05, 3.63) is 5.21 Å². The molecule has 1 fully saturated rings. The zero-order valence-electron chi connectivity index (χ0n) is 4.85. The maximum absolute atomic E-state index is 10.9. The van der Waals surface area contributed by atoms with Gasteiger partial charge in [-0.15, -0.1) is 0 Å². The van der Waals surface area contributed by atoms with Gasteiger partial charge in [0.2, 0.25) is 0 Å². The van der Waals surface area contributed by atoms with Crippen molar-refractivity contribution in [2.24, 2.45) is 3.21 Å². The minimum absolute atomic E-state index is 0.0553. The van der Waals surface area contributed by atoms with Gasteiger partial charge in [-0.25, -0.2) is 0 Å². The fraction of sp³-hybridized carbons (Fsp3) is 0.750. The van der Waals surface area contributed by atoms with Crippen molar-refractivity contribution in [3.8, 4) is 0 Å². The molecule has 0 spiro atoms. The molecule has 5 heteroatoms. The summed E-state index contributed by atoms with van der Waals surface area (Å²) < 4.78 is 4.01. The molecule has 0 amide bonds. The Morgan fingerprint density at radius 3 is 2.89 bits per heavy atom. The van der Waals surface area contributed by atoms with Crippen LogP contribution in [0.3, 0.4) is 0 Å². The first kappa shape index (κ1) is 6.02. The van der Waals surface area contributed by atoms with Crippen LogP contribution in [0.25, 0.3) is 0 Å². The Bertz CT molecular complexity index is 179. The molecular formula is C4H6IN2O2-. The number of quaternary nitrogens is 1. The topological polar surface area (TPSA) is 49.1 Å². The molecule has 2 rings (SSSR count). The molecule has 52 valence electrons. The Hall–Kier alpha value is 0.280. The normalized spacial score (nSPS) is 41.3.